The minimum absolute atomic E-state index is 0.0676. The Labute approximate surface area is 167 Å². The van der Waals surface area contributed by atoms with Crippen molar-refractivity contribution in [3.8, 4) is 0 Å². The summed E-state index contributed by atoms with van der Waals surface area (Å²) < 4.78 is 18.4. The maximum Gasteiger partial charge on any atom is 0.305 e. The Balaban J connectivity index is 2.02. The fraction of sp³-hybridized carbons (Fsp3) is 0.619. The number of unbranched alkanes of at least 4 members (excludes halogenated alkanes) is 4. The number of ether oxygens (including phenoxy) is 1. The molecule has 158 valence electrons. The number of hydrogen-bond acceptors (Lipinski definition) is 4. The Morgan fingerprint density at radius 1 is 1.11 bits per heavy atom. The van der Waals surface area contributed by atoms with Gasteiger partial charge in [-0.05, 0) is 44.6 Å². The molecule has 6 nitrogen and oxygen atoms in total. The number of aliphatic carboxylic acids is 1. The number of halogens is 1. The summed E-state index contributed by atoms with van der Waals surface area (Å²) in [6.45, 7) is 1.67. The molecule has 7 heteroatoms. The zero-order chi connectivity index (χ0) is 20.8. The van der Waals surface area contributed by atoms with Crippen LogP contribution < -0.4 is 5.32 Å². The third-order valence-electron chi connectivity index (χ3n) is 4.25. The molecule has 0 aliphatic rings. The smallest absolute Gasteiger partial charge is 0.305 e. The predicted octanol–water partition coefficient (Wildman–Crippen LogP) is 3.20. The van der Waals surface area contributed by atoms with E-state index in [1.54, 1.807) is 12.1 Å². The Hall–Kier alpha value is -1.99. The van der Waals surface area contributed by atoms with E-state index in [0.29, 0.717) is 26.2 Å². The fourth-order valence-electron chi connectivity index (χ4n) is 2.90. The van der Waals surface area contributed by atoms with Crippen LogP contribution in [0.25, 0.3) is 0 Å². The predicted molar refractivity (Wildman–Crippen MR) is 106 cm³/mol. The number of likely N-dealkylation sites (N-methyl/N-ethyl adjacent to an activating group) is 1. The van der Waals surface area contributed by atoms with E-state index in [-0.39, 0.29) is 24.2 Å². The monoisotopic (exact) mass is 396 g/mol. The molecule has 0 aromatic heterocycles. The molecule has 1 atom stereocenters. The standard InChI is InChI=1S/C21H33FN2O4/c1-24(2)15-19(14-21(26)27)23-20(25)8-6-4-3-5-7-13-28-16-17-9-11-18(22)12-10-17/h9-12,19H,3-8,13-16H2,1-2H3,(H,23,25)(H,26,27)/t19-/m1/s1. The molecule has 1 aromatic carbocycles. The van der Waals surface area contributed by atoms with Crippen LogP contribution in [0, 0.1) is 5.82 Å². The minimum Gasteiger partial charge on any atom is -0.481 e. The zero-order valence-electron chi connectivity index (χ0n) is 17.0. The number of nitrogens with one attached hydrogen (secondary N) is 1. The molecular weight excluding hydrogens is 363 g/mol. The Bertz CT molecular complexity index is 578. The molecule has 0 radical (unpaired) electrons. The lowest BCUT2D eigenvalue weighted by Gasteiger charge is -2.20. The van der Waals surface area contributed by atoms with Crippen LogP contribution in [0.1, 0.15) is 50.5 Å². The van der Waals surface area contributed by atoms with Crippen LogP contribution in [-0.4, -0.2) is 55.2 Å². The second-order valence-corrected chi connectivity index (χ2v) is 7.32. The van der Waals surface area contributed by atoms with Crippen molar-refractivity contribution in [1.82, 2.24) is 10.2 Å². The molecule has 1 amide bonds. The third kappa shape index (κ3) is 12.4. The lowest BCUT2D eigenvalue weighted by molar-refractivity contribution is -0.137. The quantitative estimate of drug-likeness (QED) is 0.445. The van der Waals surface area contributed by atoms with Gasteiger partial charge < -0.3 is 20.1 Å². The number of carbonyl (C=O) groups is 2. The first-order valence-corrected chi connectivity index (χ1v) is 9.85. The first-order valence-electron chi connectivity index (χ1n) is 9.85. The lowest BCUT2D eigenvalue weighted by atomic mass is 10.1. The van der Waals surface area contributed by atoms with Gasteiger partial charge in [-0.1, -0.05) is 31.4 Å². The van der Waals surface area contributed by atoms with Crippen molar-refractivity contribution in [2.45, 2.75) is 57.6 Å². The molecule has 0 aliphatic carbocycles. The highest BCUT2D eigenvalue weighted by Gasteiger charge is 2.16. The van der Waals surface area contributed by atoms with Crippen molar-refractivity contribution in [3.63, 3.8) is 0 Å². The number of benzene rings is 1. The summed E-state index contributed by atoms with van der Waals surface area (Å²) in [5, 5.41) is 11.7. The van der Waals surface area contributed by atoms with Crippen molar-refractivity contribution < 1.29 is 23.8 Å². The van der Waals surface area contributed by atoms with Gasteiger partial charge in [0.2, 0.25) is 5.91 Å². The highest BCUT2D eigenvalue weighted by Crippen LogP contribution is 2.08. The number of carboxylic acid groups (broad SMARTS) is 1. The van der Waals surface area contributed by atoms with E-state index < -0.39 is 5.97 Å². The number of rotatable bonds is 15. The summed E-state index contributed by atoms with van der Waals surface area (Å²) >= 11 is 0. The van der Waals surface area contributed by atoms with E-state index in [4.69, 9.17) is 9.84 Å². The van der Waals surface area contributed by atoms with Crippen LogP contribution >= 0.6 is 0 Å². The molecule has 0 spiro atoms. The third-order valence-corrected chi connectivity index (χ3v) is 4.25. The summed E-state index contributed by atoms with van der Waals surface area (Å²) in [4.78, 5) is 24.7. The molecule has 2 N–H and O–H groups in total. The maximum absolute atomic E-state index is 12.8. The number of hydrogen-bond donors (Lipinski definition) is 2. The molecule has 0 fully saturated rings. The van der Waals surface area contributed by atoms with Crippen molar-refractivity contribution in [1.29, 1.82) is 0 Å². The average molecular weight is 397 g/mol. The zero-order valence-corrected chi connectivity index (χ0v) is 17.0. The van der Waals surface area contributed by atoms with Gasteiger partial charge in [0.15, 0.2) is 0 Å². The molecule has 0 aliphatic heterocycles. The van der Waals surface area contributed by atoms with E-state index in [0.717, 1.165) is 37.7 Å². The van der Waals surface area contributed by atoms with Gasteiger partial charge in [0.05, 0.1) is 19.1 Å². The summed E-state index contributed by atoms with van der Waals surface area (Å²) in [6, 6.07) is 5.94. The molecule has 1 aromatic rings. The summed E-state index contributed by atoms with van der Waals surface area (Å²) in [5.41, 5.74) is 0.961. The van der Waals surface area contributed by atoms with E-state index in [1.807, 2.05) is 19.0 Å². The average Bonchev–Trinajstić information content (AvgIpc) is 2.60. The van der Waals surface area contributed by atoms with Gasteiger partial charge in [0.25, 0.3) is 0 Å². The maximum atomic E-state index is 12.8. The van der Waals surface area contributed by atoms with Gasteiger partial charge in [-0.15, -0.1) is 0 Å². The van der Waals surface area contributed by atoms with E-state index in [9.17, 15) is 14.0 Å². The Morgan fingerprint density at radius 2 is 1.75 bits per heavy atom. The van der Waals surface area contributed by atoms with Gasteiger partial charge in [-0.3, -0.25) is 9.59 Å². The first-order chi connectivity index (χ1) is 13.4. The van der Waals surface area contributed by atoms with Gasteiger partial charge in [0.1, 0.15) is 5.82 Å². The normalized spacial score (nSPS) is 12.1. The highest BCUT2D eigenvalue weighted by atomic mass is 19.1. The van der Waals surface area contributed by atoms with Gasteiger partial charge in [-0.2, -0.15) is 0 Å². The molecule has 28 heavy (non-hydrogen) atoms. The molecule has 0 heterocycles. The van der Waals surface area contributed by atoms with Crippen molar-refractivity contribution in [3.05, 3.63) is 35.6 Å². The summed E-state index contributed by atoms with van der Waals surface area (Å²) in [6.07, 6.45) is 5.13. The van der Waals surface area contributed by atoms with E-state index >= 15 is 0 Å². The number of nitrogens with zero attached hydrogens (tertiary/aromatic N) is 1. The topological polar surface area (TPSA) is 78.9 Å². The first kappa shape index (κ1) is 24.0. The Morgan fingerprint density at radius 3 is 2.39 bits per heavy atom. The van der Waals surface area contributed by atoms with Gasteiger partial charge in [0, 0.05) is 19.6 Å². The highest BCUT2D eigenvalue weighted by molar-refractivity contribution is 5.77. The van der Waals surface area contributed by atoms with Crippen molar-refractivity contribution >= 4 is 11.9 Å². The largest absolute Gasteiger partial charge is 0.481 e. The van der Waals surface area contributed by atoms with Crippen LogP contribution in [0.2, 0.25) is 0 Å². The molecule has 1 rings (SSSR count). The molecule has 0 unspecified atom stereocenters. The van der Waals surface area contributed by atoms with Gasteiger partial charge >= 0.3 is 5.97 Å². The number of carboxylic acids is 1. The number of amides is 1. The van der Waals surface area contributed by atoms with Crippen LogP contribution in [0.3, 0.4) is 0 Å². The molecule has 0 bridgehead atoms. The second kappa shape index (κ2) is 14.1. The van der Waals surface area contributed by atoms with Crippen LogP contribution in [0.5, 0.6) is 0 Å². The van der Waals surface area contributed by atoms with Crippen LogP contribution in [0.4, 0.5) is 4.39 Å². The molecule has 0 saturated carbocycles. The minimum atomic E-state index is -0.909. The van der Waals surface area contributed by atoms with Gasteiger partial charge in [-0.25, -0.2) is 4.39 Å². The van der Waals surface area contributed by atoms with E-state index in [2.05, 4.69) is 5.32 Å². The summed E-state index contributed by atoms with van der Waals surface area (Å²) in [5.74, 6) is -1.24. The summed E-state index contributed by atoms with van der Waals surface area (Å²) in [7, 11) is 3.70. The molecule has 0 saturated heterocycles. The Kier molecular flexibility index (Phi) is 12.1. The van der Waals surface area contributed by atoms with Crippen LogP contribution in [-0.2, 0) is 20.9 Å². The molecular formula is C21H33FN2O4. The second-order valence-electron chi connectivity index (χ2n) is 7.32. The van der Waals surface area contributed by atoms with Crippen molar-refractivity contribution in [2.24, 2.45) is 0 Å². The number of carbonyl (C=O) groups excluding carboxylic acids is 1. The SMILES string of the molecule is CN(C)C[C@@H](CC(=O)O)NC(=O)CCCCCCCOCc1ccc(F)cc1. The fourth-order valence-corrected chi connectivity index (χ4v) is 2.90. The van der Waals surface area contributed by atoms with Crippen molar-refractivity contribution in [2.75, 3.05) is 27.2 Å². The van der Waals surface area contributed by atoms with E-state index in [1.165, 1.54) is 12.1 Å². The lowest BCUT2D eigenvalue weighted by Crippen LogP contribution is -2.42. The van der Waals surface area contributed by atoms with Crippen LogP contribution in [0.15, 0.2) is 24.3 Å².